The molecule has 0 fully saturated rings. The van der Waals surface area contributed by atoms with Crippen molar-refractivity contribution >= 4 is 11.8 Å². The van der Waals surface area contributed by atoms with E-state index in [-0.39, 0.29) is 0 Å². The van der Waals surface area contributed by atoms with E-state index in [4.69, 9.17) is 5.73 Å². The predicted molar refractivity (Wildman–Crippen MR) is 85.8 cm³/mol. The standard InChI is InChI=1S/C17H26N2O3/c1-5-17(22,6-2)13(12-10-8-7-9-11-12)19-15(21)16(3,4)14(18)20/h7-11,13,22H,5-6H2,1-4H3,(H2,18,20)(H,19,21)/t13-/m1/s1. The number of carbonyl (C=O) groups is 2. The Morgan fingerprint density at radius 2 is 1.68 bits per heavy atom. The Bertz CT molecular complexity index is 522. The molecule has 5 nitrogen and oxygen atoms in total. The van der Waals surface area contributed by atoms with Crippen molar-refractivity contribution in [2.24, 2.45) is 11.1 Å². The van der Waals surface area contributed by atoms with Crippen molar-refractivity contribution in [2.45, 2.75) is 52.2 Å². The van der Waals surface area contributed by atoms with Crippen molar-refractivity contribution in [2.75, 3.05) is 0 Å². The van der Waals surface area contributed by atoms with Crippen LogP contribution in [0.2, 0.25) is 0 Å². The molecule has 1 rings (SSSR count). The summed E-state index contributed by atoms with van der Waals surface area (Å²) in [5, 5.41) is 13.7. The molecule has 0 bridgehead atoms. The fourth-order valence-electron chi connectivity index (χ4n) is 2.26. The largest absolute Gasteiger partial charge is 0.387 e. The van der Waals surface area contributed by atoms with Crippen LogP contribution in [0.1, 0.15) is 52.1 Å². The van der Waals surface area contributed by atoms with E-state index in [2.05, 4.69) is 5.32 Å². The molecule has 1 aromatic carbocycles. The van der Waals surface area contributed by atoms with Gasteiger partial charge in [0.05, 0.1) is 11.6 Å². The van der Waals surface area contributed by atoms with Gasteiger partial charge in [0.2, 0.25) is 11.8 Å². The fourth-order valence-corrected chi connectivity index (χ4v) is 2.26. The van der Waals surface area contributed by atoms with E-state index < -0.39 is 28.9 Å². The summed E-state index contributed by atoms with van der Waals surface area (Å²) in [6.45, 7) is 6.68. The summed E-state index contributed by atoms with van der Waals surface area (Å²) in [6.07, 6.45) is 0.945. The maximum atomic E-state index is 12.4. The number of primary amides is 1. The van der Waals surface area contributed by atoms with Crippen LogP contribution in [0.15, 0.2) is 30.3 Å². The van der Waals surface area contributed by atoms with Gasteiger partial charge in [-0.05, 0) is 32.3 Å². The maximum Gasteiger partial charge on any atom is 0.235 e. The van der Waals surface area contributed by atoms with Gasteiger partial charge in [-0.3, -0.25) is 9.59 Å². The zero-order chi connectivity index (χ0) is 17.0. The first-order chi connectivity index (χ1) is 10.2. The highest BCUT2D eigenvalue weighted by Crippen LogP contribution is 2.32. The molecule has 0 saturated heterocycles. The number of carbonyl (C=O) groups excluding carboxylic acids is 2. The van der Waals surface area contributed by atoms with Gasteiger partial charge in [0.15, 0.2) is 0 Å². The lowest BCUT2D eigenvalue weighted by molar-refractivity contribution is -0.141. The quantitative estimate of drug-likeness (QED) is 0.672. The number of benzene rings is 1. The highest BCUT2D eigenvalue weighted by atomic mass is 16.3. The number of aliphatic hydroxyl groups is 1. The number of amides is 2. The third kappa shape index (κ3) is 3.65. The molecule has 0 aliphatic carbocycles. The van der Waals surface area contributed by atoms with Crippen LogP contribution in [-0.2, 0) is 9.59 Å². The SMILES string of the molecule is CCC(O)(CC)[C@H](NC(=O)C(C)(C)C(N)=O)c1ccccc1. The molecule has 0 radical (unpaired) electrons. The Hall–Kier alpha value is -1.88. The molecule has 0 aliphatic rings. The second-order valence-corrected chi connectivity index (χ2v) is 6.12. The van der Waals surface area contributed by atoms with Gasteiger partial charge >= 0.3 is 0 Å². The zero-order valence-corrected chi connectivity index (χ0v) is 13.7. The zero-order valence-electron chi connectivity index (χ0n) is 13.7. The van der Waals surface area contributed by atoms with Gasteiger partial charge in [-0.25, -0.2) is 0 Å². The lowest BCUT2D eigenvalue weighted by Crippen LogP contribution is -2.52. The number of nitrogens with one attached hydrogen (secondary N) is 1. The molecule has 1 aromatic rings. The molecular weight excluding hydrogens is 280 g/mol. The normalized spacial score (nSPS) is 13.5. The first kappa shape index (κ1) is 18.2. The van der Waals surface area contributed by atoms with Crippen LogP contribution >= 0.6 is 0 Å². The number of nitrogens with two attached hydrogens (primary N) is 1. The van der Waals surface area contributed by atoms with Crippen molar-refractivity contribution in [3.8, 4) is 0 Å². The predicted octanol–water partition coefficient (Wildman–Crippen LogP) is 1.91. The minimum atomic E-state index is -1.34. The van der Waals surface area contributed by atoms with Gasteiger partial charge in [-0.15, -0.1) is 0 Å². The Kier molecular flexibility index (Phi) is 5.72. The molecule has 0 saturated carbocycles. The van der Waals surface area contributed by atoms with E-state index in [0.29, 0.717) is 12.8 Å². The first-order valence-corrected chi connectivity index (χ1v) is 7.57. The van der Waals surface area contributed by atoms with E-state index in [0.717, 1.165) is 5.56 Å². The van der Waals surface area contributed by atoms with Crippen molar-refractivity contribution in [3.63, 3.8) is 0 Å². The maximum absolute atomic E-state index is 12.4. The summed E-state index contributed by atoms with van der Waals surface area (Å²) in [5.41, 5.74) is 3.66. The van der Waals surface area contributed by atoms with Crippen molar-refractivity contribution in [1.29, 1.82) is 0 Å². The molecule has 0 spiro atoms. The molecule has 0 aliphatic heterocycles. The van der Waals surface area contributed by atoms with Gasteiger partial charge < -0.3 is 16.2 Å². The molecule has 0 heterocycles. The van der Waals surface area contributed by atoms with Crippen LogP contribution < -0.4 is 11.1 Å². The van der Waals surface area contributed by atoms with E-state index >= 15 is 0 Å². The molecule has 2 amide bonds. The second kappa shape index (κ2) is 6.92. The minimum Gasteiger partial charge on any atom is -0.387 e. The molecular formula is C17H26N2O3. The Balaban J connectivity index is 3.18. The van der Waals surface area contributed by atoms with Crippen LogP contribution in [-0.4, -0.2) is 22.5 Å². The molecule has 4 N–H and O–H groups in total. The smallest absolute Gasteiger partial charge is 0.235 e. The highest BCUT2D eigenvalue weighted by molar-refractivity contribution is 6.03. The summed E-state index contributed by atoms with van der Waals surface area (Å²) >= 11 is 0. The van der Waals surface area contributed by atoms with E-state index in [1.807, 2.05) is 44.2 Å². The van der Waals surface area contributed by atoms with Gasteiger partial charge in [-0.2, -0.15) is 0 Å². The molecule has 22 heavy (non-hydrogen) atoms. The van der Waals surface area contributed by atoms with Crippen molar-refractivity contribution < 1.29 is 14.7 Å². The second-order valence-electron chi connectivity index (χ2n) is 6.12. The summed E-state index contributed by atoms with van der Waals surface area (Å²) in [5.74, 6) is -1.19. The van der Waals surface area contributed by atoms with Crippen LogP contribution in [0.25, 0.3) is 0 Å². The first-order valence-electron chi connectivity index (χ1n) is 7.57. The van der Waals surface area contributed by atoms with Crippen LogP contribution in [0.4, 0.5) is 0 Å². The monoisotopic (exact) mass is 306 g/mol. The molecule has 5 heteroatoms. The summed E-state index contributed by atoms with van der Waals surface area (Å²) in [4.78, 5) is 23.9. The lowest BCUT2D eigenvalue weighted by Gasteiger charge is -2.37. The minimum absolute atomic E-state index is 0.473. The molecule has 0 aromatic heterocycles. The van der Waals surface area contributed by atoms with Crippen LogP contribution in [0.5, 0.6) is 0 Å². The average Bonchev–Trinajstić information content (AvgIpc) is 2.52. The van der Waals surface area contributed by atoms with E-state index in [1.165, 1.54) is 13.8 Å². The summed E-state index contributed by atoms with van der Waals surface area (Å²) < 4.78 is 0. The van der Waals surface area contributed by atoms with Gasteiger partial charge in [0.1, 0.15) is 5.41 Å². The highest BCUT2D eigenvalue weighted by Gasteiger charge is 2.40. The van der Waals surface area contributed by atoms with Gasteiger partial charge in [0.25, 0.3) is 0 Å². The third-order valence-corrected chi connectivity index (χ3v) is 4.35. The Labute approximate surface area is 131 Å². The molecule has 122 valence electrons. The van der Waals surface area contributed by atoms with Crippen molar-refractivity contribution in [1.82, 2.24) is 5.32 Å². The van der Waals surface area contributed by atoms with Gasteiger partial charge in [-0.1, -0.05) is 44.2 Å². The van der Waals surface area contributed by atoms with E-state index in [1.54, 1.807) is 0 Å². The summed E-state index contributed by atoms with van der Waals surface area (Å²) in [6, 6.07) is 8.65. The number of hydrogen-bond acceptors (Lipinski definition) is 3. The molecule has 1 atom stereocenters. The number of rotatable bonds is 7. The Morgan fingerprint density at radius 1 is 1.18 bits per heavy atom. The fraction of sp³-hybridized carbons (Fsp3) is 0.529. The average molecular weight is 306 g/mol. The Morgan fingerprint density at radius 3 is 2.09 bits per heavy atom. The number of hydrogen-bond donors (Lipinski definition) is 3. The topological polar surface area (TPSA) is 92.4 Å². The van der Waals surface area contributed by atoms with Crippen LogP contribution in [0, 0.1) is 5.41 Å². The van der Waals surface area contributed by atoms with Gasteiger partial charge in [0, 0.05) is 0 Å². The van der Waals surface area contributed by atoms with Crippen LogP contribution in [0.3, 0.4) is 0 Å². The summed E-state index contributed by atoms with van der Waals surface area (Å²) in [7, 11) is 0. The molecule has 0 unspecified atom stereocenters. The lowest BCUT2D eigenvalue weighted by atomic mass is 9.82. The van der Waals surface area contributed by atoms with E-state index in [9.17, 15) is 14.7 Å². The van der Waals surface area contributed by atoms with Crippen molar-refractivity contribution in [3.05, 3.63) is 35.9 Å². The third-order valence-electron chi connectivity index (χ3n) is 4.35.